The Balaban J connectivity index is 0.943. The molecule has 0 N–H and O–H groups in total. The Bertz CT molecular complexity index is 1340. The average molecular weight is 507 g/mol. The molecule has 2 aliphatic rings. The zero-order valence-corrected chi connectivity index (χ0v) is 22.2. The van der Waals surface area contributed by atoms with Gasteiger partial charge in [-0.15, -0.1) is 0 Å². The van der Waals surface area contributed by atoms with Gasteiger partial charge in [-0.3, -0.25) is 14.5 Å². The number of carbonyl (C=O) groups excluding carboxylic acids is 1. The molecule has 0 atom stereocenters. The van der Waals surface area contributed by atoms with Gasteiger partial charge in [0.25, 0.3) is 0 Å². The maximum absolute atomic E-state index is 13.1. The summed E-state index contributed by atoms with van der Waals surface area (Å²) in [6, 6.07) is 23.1. The van der Waals surface area contributed by atoms with Gasteiger partial charge in [0.05, 0.1) is 17.3 Å². The number of hydrogen-bond donors (Lipinski definition) is 0. The van der Waals surface area contributed by atoms with E-state index in [4.69, 9.17) is 5.10 Å². The number of hydrogen-bond acceptors (Lipinski definition) is 4. The number of likely N-dealkylation sites (tertiary alicyclic amines) is 1. The number of Topliss-reactive ketones (excluding diaryl/α,β-unsaturated/α-hetero) is 1. The van der Waals surface area contributed by atoms with Crippen molar-refractivity contribution in [2.24, 2.45) is 11.8 Å². The number of rotatable bonds is 8. The Morgan fingerprint density at radius 3 is 2.39 bits per heavy atom. The topological polar surface area (TPSA) is 51.0 Å². The molecule has 196 valence electrons. The fourth-order valence-corrected chi connectivity index (χ4v) is 6.64. The van der Waals surface area contributed by atoms with E-state index >= 15 is 0 Å². The summed E-state index contributed by atoms with van der Waals surface area (Å²) in [6.45, 7) is 3.51. The maximum Gasteiger partial charge on any atom is 0.163 e. The lowest BCUT2D eigenvalue weighted by Gasteiger charge is -2.34. The van der Waals surface area contributed by atoms with Crippen LogP contribution in [0.4, 0.5) is 0 Å². The quantitative estimate of drug-likeness (QED) is 0.237. The second-order valence-electron chi connectivity index (χ2n) is 11.3. The lowest BCUT2D eigenvalue weighted by molar-refractivity contribution is 0.0940. The molecule has 0 radical (unpaired) electrons. The monoisotopic (exact) mass is 506 g/mol. The molecule has 5 heteroatoms. The van der Waals surface area contributed by atoms with Crippen LogP contribution in [0.25, 0.3) is 22.2 Å². The van der Waals surface area contributed by atoms with Crippen molar-refractivity contribution in [3.8, 4) is 11.3 Å². The van der Waals surface area contributed by atoms with Crippen LogP contribution in [0.1, 0.15) is 67.8 Å². The molecule has 6 rings (SSSR count). The van der Waals surface area contributed by atoms with Crippen molar-refractivity contribution in [2.75, 3.05) is 19.6 Å². The summed E-state index contributed by atoms with van der Waals surface area (Å²) in [5, 5.41) is 5.68. The van der Waals surface area contributed by atoms with Crippen molar-refractivity contribution in [3.63, 3.8) is 0 Å². The molecule has 2 fully saturated rings. The Labute approximate surface area is 225 Å². The summed E-state index contributed by atoms with van der Waals surface area (Å²) >= 11 is 0. The zero-order chi connectivity index (χ0) is 25.7. The summed E-state index contributed by atoms with van der Waals surface area (Å²) in [6.07, 6.45) is 12.9. The van der Waals surface area contributed by atoms with Crippen molar-refractivity contribution in [1.82, 2.24) is 19.7 Å². The molecule has 0 unspecified atom stereocenters. The minimum atomic E-state index is 0.280. The van der Waals surface area contributed by atoms with Crippen molar-refractivity contribution in [1.29, 1.82) is 0 Å². The van der Waals surface area contributed by atoms with Gasteiger partial charge in [-0.05, 0) is 74.2 Å². The minimum Gasteiger partial charge on any atom is -0.303 e. The van der Waals surface area contributed by atoms with E-state index in [0.717, 1.165) is 35.5 Å². The molecular formula is C33H38N4O. The summed E-state index contributed by atoms with van der Waals surface area (Å²) in [7, 11) is 0. The SMILES string of the molecule is O=C(CC1CCC(CCN2CCC(n3nccc3-c3ccccc3)CC2)CC1)c1cccc2ncccc12. The first kappa shape index (κ1) is 25.0. The molecule has 1 saturated carbocycles. The molecule has 0 spiro atoms. The average Bonchev–Trinajstić information content (AvgIpc) is 3.47. The molecule has 0 amide bonds. The van der Waals surface area contributed by atoms with Gasteiger partial charge in [-0.1, -0.05) is 61.4 Å². The van der Waals surface area contributed by atoms with E-state index in [1.54, 1.807) is 6.20 Å². The first-order valence-electron chi connectivity index (χ1n) is 14.4. The van der Waals surface area contributed by atoms with Crippen LogP contribution in [-0.2, 0) is 0 Å². The highest BCUT2D eigenvalue weighted by molar-refractivity contribution is 6.07. The fourth-order valence-electron chi connectivity index (χ4n) is 6.64. The molecule has 2 aromatic heterocycles. The van der Waals surface area contributed by atoms with Crippen LogP contribution in [0.5, 0.6) is 0 Å². The third kappa shape index (κ3) is 5.58. The van der Waals surface area contributed by atoms with Crippen LogP contribution in [-0.4, -0.2) is 45.1 Å². The number of pyridine rings is 1. The van der Waals surface area contributed by atoms with Crippen molar-refractivity contribution >= 4 is 16.7 Å². The van der Waals surface area contributed by atoms with Crippen molar-refractivity contribution < 1.29 is 4.79 Å². The van der Waals surface area contributed by atoms with Crippen molar-refractivity contribution in [3.05, 3.63) is 84.7 Å². The number of benzene rings is 2. The summed E-state index contributed by atoms with van der Waals surface area (Å²) in [5.41, 5.74) is 4.23. The molecule has 5 nitrogen and oxygen atoms in total. The van der Waals surface area contributed by atoms with Crippen LogP contribution in [0.2, 0.25) is 0 Å². The van der Waals surface area contributed by atoms with E-state index in [0.29, 0.717) is 18.4 Å². The van der Waals surface area contributed by atoms with Gasteiger partial charge < -0.3 is 4.90 Å². The second-order valence-corrected chi connectivity index (χ2v) is 11.3. The van der Waals surface area contributed by atoms with E-state index in [2.05, 4.69) is 51.0 Å². The Morgan fingerprint density at radius 2 is 1.58 bits per heavy atom. The minimum absolute atomic E-state index is 0.280. The Morgan fingerprint density at radius 1 is 0.789 bits per heavy atom. The molecule has 1 aliphatic heterocycles. The number of piperidine rings is 1. The van der Waals surface area contributed by atoms with Gasteiger partial charge in [-0.2, -0.15) is 5.10 Å². The van der Waals surface area contributed by atoms with Gasteiger partial charge >= 0.3 is 0 Å². The molecule has 1 aliphatic carbocycles. The predicted octanol–water partition coefficient (Wildman–Crippen LogP) is 7.20. The largest absolute Gasteiger partial charge is 0.303 e. The van der Waals surface area contributed by atoms with Crippen LogP contribution in [0.3, 0.4) is 0 Å². The van der Waals surface area contributed by atoms with Gasteiger partial charge in [0.1, 0.15) is 0 Å². The predicted molar refractivity (Wildman–Crippen MR) is 153 cm³/mol. The third-order valence-electron chi connectivity index (χ3n) is 8.88. The lowest BCUT2D eigenvalue weighted by Crippen LogP contribution is -2.36. The number of nitrogens with zero attached hydrogens (tertiary/aromatic N) is 4. The van der Waals surface area contributed by atoms with Crippen LogP contribution < -0.4 is 0 Å². The summed E-state index contributed by atoms with van der Waals surface area (Å²) in [4.78, 5) is 20.2. The van der Waals surface area contributed by atoms with Crippen LogP contribution in [0, 0.1) is 11.8 Å². The van der Waals surface area contributed by atoms with Gasteiger partial charge in [-0.25, -0.2) is 0 Å². The first-order chi connectivity index (χ1) is 18.7. The number of fused-ring (bicyclic) bond motifs is 1. The van der Waals surface area contributed by atoms with Gasteiger partial charge in [0, 0.05) is 42.9 Å². The molecule has 38 heavy (non-hydrogen) atoms. The molecule has 0 bridgehead atoms. The fraction of sp³-hybridized carbons (Fsp3) is 0.424. The molecule has 1 saturated heterocycles. The van der Waals surface area contributed by atoms with E-state index in [1.807, 2.05) is 36.5 Å². The number of aromatic nitrogens is 3. The van der Waals surface area contributed by atoms with E-state index < -0.39 is 0 Å². The Hall–Kier alpha value is -3.31. The highest BCUT2D eigenvalue weighted by atomic mass is 16.1. The standard InChI is InChI=1S/C33H38N4O/c38-33(30-8-4-10-31-29(30)9-5-19-34-31)24-26-13-11-25(12-14-26)16-21-36-22-17-28(18-23-36)37-32(15-20-35-37)27-6-2-1-3-7-27/h1-10,15,19-20,25-26,28H,11-14,16-18,21-24H2. The van der Waals surface area contributed by atoms with E-state index in [9.17, 15) is 4.79 Å². The lowest BCUT2D eigenvalue weighted by atomic mass is 9.78. The highest BCUT2D eigenvalue weighted by Crippen LogP contribution is 2.35. The van der Waals surface area contributed by atoms with E-state index in [-0.39, 0.29) is 5.78 Å². The molecule has 2 aromatic carbocycles. The third-order valence-corrected chi connectivity index (χ3v) is 8.88. The molecular weight excluding hydrogens is 468 g/mol. The Kier molecular flexibility index (Phi) is 7.64. The second kappa shape index (κ2) is 11.6. The van der Waals surface area contributed by atoms with Crippen LogP contribution >= 0.6 is 0 Å². The zero-order valence-electron chi connectivity index (χ0n) is 22.2. The first-order valence-corrected chi connectivity index (χ1v) is 14.4. The van der Waals surface area contributed by atoms with Crippen LogP contribution in [0.15, 0.2) is 79.1 Å². The maximum atomic E-state index is 13.1. The van der Waals surface area contributed by atoms with Gasteiger partial charge in [0.15, 0.2) is 5.78 Å². The number of carbonyl (C=O) groups is 1. The van der Waals surface area contributed by atoms with Crippen molar-refractivity contribution in [2.45, 2.75) is 57.4 Å². The van der Waals surface area contributed by atoms with Gasteiger partial charge in [0.2, 0.25) is 0 Å². The normalized spacial score (nSPS) is 21.1. The smallest absolute Gasteiger partial charge is 0.163 e. The summed E-state index contributed by atoms with van der Waals surface area (Å²) in [5.74, 6) is 1.61. The molecule has 3 heterocycles. The highest BCUT2D eigenvalue weighted by Gasteiger charge is 2.26. The summed E-state index contributed by atoms with van der Waals surface area (Å²) < 4.78 is 2.25. The van der Waals surface area contributed by atoms with E-state index in [1.165, 1.54) is 62.7 Å². The molecule has 4 aromatic rings. The number of ketones is 1.